The van der Waals surface area contributed by atoms with E-state index in [0.29, 0.717) is 6.54 Å². The van der Waals surface area contributed by atoms with Gasteiger partial charge in [0.25, 0.3) is 0 Å². The van der Waals surface area contributed by atoms with Crippen LogP contribution in [0.4, 0.5) is 13.6 Å². The molecule has 1 aliphatic heterocycles. The summed E-state index contributed by atoms with van der Waals surface area (Å²) in [5.41, 5.74) is -0.466. The molecule has 110 valence electrons. The van der Waals surface area contributed by atoms with Gasteiger partial charge in [0.2, 0.25) is 11.2 Å². The average Bonchev–Trinajstić information content (AvgIpc) is 2.42. The van der Waals surface area contributed by atoms with Gasteiger partial charge < -0.3 is 14.9 Å². The Labute approximate surface area is 116 Å². The summed E-state index contributed by atoms with van der Waals surface area (Å²) in [6.45, 7) is 0.387. The van der Waals surface area contributed by atoms with E-state index in [-0.39, 0.29) is 22.9 Å². The van der Waals surface area contributed by atoms with Crippen LogP contribution in [-0.4, -0.2) is 29.5 Å². The van der Waals surface area contributed by atoms with Crippen LogP contribution in [0.5, 0.6) is 5.75 Å². The van der Waals surface area contributed by atoms with Crippen molar-refractivity contribution in [3.8, 4) is 5.75 Å². The Morgan fingerprint density at radius 1 is 1.43 bits per heavy atom. The molecule has 1 aromatic heterocycles. The molecule has 1 N–H and O–H groups in total. The van der Waals surface area contributed by atoms with E-state index in [9.17, 15) is 18.4 Å². The summed E-state index contributed by atoms with van der Waals surface area (Å²) >= 11 is 0. The molecule has 0 bridgehead atoms. The van der Waals surface area contributed by atoms with Crippen molar-refractivity contribution < 1.29 is 23.4 Å². The third-order valence-corrected chi connectivity index (χ3v) is 3.47. The smallest absolute Gasteiger partial charge is 0.449 e. The summed E-state index contributed by atoms with van der Waals surface area (Å²) in [7, 11) is 1.68. The molecule has 0 saturated heterocycles. The lowest BCUT2D eigenvalue weighted by Crippen LogP contribution is -2.38. The van der Waals surface area contributed by atoms with E-state index in [0.717, 1.165) is 6.07 Å². The summed E-state index contributed by atoms with van der Waals surface area (Å²) in [6.07, 6.45) is -0.242. The first-order chi connectivity index (χ1) is 9.90. The molecule has 1 aliphatic rings. The monoisotopic (exact) mass is 296 g/mol. The number of likely N-dealkylation sites (N-methyl/N-ethyl adjacent to an activating group) is 1. The molecular formula is C13H10F2N2O4. The quantitative estimate of drug-likeness (QED) is 0.807. The maximum atomic E-state index is 13.9. The summed E-state index contributed by atoms with van der Waals surface area (Å²) in [4.78, 5) is 22.8. The summed E-state index contributed by atoms with van der Waals surface area (Å²) in [5.74, 6) is -2.59. The lowest BCUT2D eigenvalue weighted by atomic mass is 10.0. The molecule has 0 spiro atoms. The molecule has 8 heteroatoms. The number of pyridine rings is 1. The number of hydrogen-bond donors (Lipinski definition) is 1. The zero-order chi connectivity index (χ0) is 15.3. The van der Waals surface area contributed by atoms with E-state index in [4.69, 9.17) is 5.11 Å². The van der Waals surface area contributed by atoms with Crippen LogP contribution in [0, 0.1) is 11.6 Å². The van der Waals surface area contributed by atoms with Gasteiger partial charge in [0.1, 0.15) is 0 Å². The molecule has 0 fully saturated rings. The Morgan fingerprint density at radius 2 is 2.14 bits per heavy atom. The van der Waals surface area contributed by atoms with E-state index >= 15 is 0 Å². The fourth-order valence-corrected chi connectivity index (χ4v) is 2.52. The van der Waals surface area contributed by atoms with Gasteiger partial charge in [0, 0.05) is 19.2 Å². The molecule has 0 amide bonds. The maximum absolute atomic E-state index is 13.9. The number of ether oxygens (including phenoxy) is 1. The fourth-order valence-electron chi connectivity index (χ4n) is 2.52. The standard InChI is InChI=1S/C13H10F2N2O4/c1-16-3-2-6-10(15)8(14)4-7-11(6)17(16)5-9(12(7)18)21-13(19)20/h4-5H,2-3H2,1H3,(H,19,20). The molecule has 6 nitrogen and oxygen atoms in total. The molecular weight excluding hydrogens is 286 g/mol. The number of nitrogens with zero attached hydrogens (tertiary/aromatic N) is 2. The normalized spacial score (nSPS) is 13.6. The number of benzene rings is 1. The van der Waals surface area contributed by atoms with Crippen LogP contribution in [0.2, 0.25) is 0 Å². The van der Waals surface area contributed by atoms with Crippen molar-refractivity contribution in [3.63, 3.8) is 0 Å². The lowest BCUT2D eigenvalue weighted by Gasteiger charge is -2.30. The number of carbonyl (C=O) groups is 1. The Kier molecular flexibility index (Phi) is 2.82. The van der Waals surface area contributed by atoms with Crippen LogP contribution >= 0.6 is 0 Å². The highest BCUT2D eigenvalue weighted by atomic mass is 19.2. The predicted molar refractivity (Wildman–Crippen MR) is 69.5 cm³/mol. The van der Waals surface area contributed by atoms with Crippen LogP contribution in [-0.2, 0) is 6.42 Å². The van der Waals surface area contributed by atoms with Gasteiger partial charge in [-0.25, -0.2) is 13.6 Å². The largest absolute Gasteiger partial charge is 0.511 e. The topological polar surface area (TPSA) is 71.8 Å². The van der Waals surface area contributed by atoms with Crippen molar-refractivity contribution in [3.05, 3.63) is 39.7 Å². The first kappa shape index (κ1) is 13.3. The minimum absolute atomic E-state index is 0.0991. The first-order valence-corrected chi connectivity index (χ1v) is 6.08. The van der Waals surface area contributed by atoms with Crippen LogP contribution in [0.1, 0.15) is 5.56 Å². The van der Waals surface area contributed by atoms with Gasteiger partial charge in [-0.2, -0.15) is 0 Å². The summed E-state index contributed by atoms with van der Waals surface area (Å²) < 4.78 is 33.3. The van der Waals surface area contributed by atoms with E-state index in [1.165, 1.54) is 10.9 Å². The van der Waals surface area contributed by atoms with Gasteiger partial charge in [-0.05, 0) is 12.5 Å². The third-order valence-electron chi connectivity index (χ3n) is 3.47. The predicted octanol–water partition coefficient (Wildman–Crippen LogP) is 1.46. The van der Waals surface area contributed by atoms with Gasteiger partial charge in [-0.3, -0.25) is 9.47 Å². The molecule has 21 heavy (non-hydrogen) atoms. The van der Waals surface area contributed by atoms with Crippen molar-refractivity contribution in [1.29, 1.82) is 0 Å². The number of halogens is 2. The van der Waals surface area contributed by atoms with Gasteiger partial charge in [-0.1, -0.05) is 0 Å². The second-order valence-electron chi connectivity index (χ2n) is 4.71. The van der Waals surface area contributed by atoms with Gasteiger partial charge >= 0.3 is 6.16 Å². The molecule has 0 atom stereocenters. The van der Waals surface area contributed by atoms with Crippen LogP contribution in [0.15, 0.2) is 17.1 Å². The minimum Gasteiger partial charge on any atom is -0.449 e. The molecule has 2 aromatic rings. The molecule has 3 rings (SSSR count). The Morgan fingerprint density at radius 3 is 2.81 bits per heavy atom. The molecule has 1 aromatic carbocycles. The molecule has 0 saturated carbocycles. The molecule has 0 aliphatic carbocycles. The summed E-state index contributed by atoms with van der Waals surface area (Å²) in [5, 5.41) is 10.2. The Hall–Kier alpha value is -2.64. The third kappa shape index (κ3) is 1.91. The maximum Gasteiger partial charge on any atom is 0.511 e. The van der Waals surface area contributed by atoms with Crippen molar-refractivity contribution >= 4 is 17.1 Å². The SMILES string of the molecule is CN1CCc2c(F)c(F)cc3c(=O)c(OC(=O)O)cn1c23. The highest BCUT2D eigenvalue weighted by Gasteiger charge is 2.25. The highest BCUT2D eigenvalue weighted by Crippen LogP contribution is 2.27. The van der Waals surface area contributed by atoms with E-state index < -0.39 is 29.0 Å². The van der Waals surface area contributed by atoms with Gasteiger partial charge in [0.15, 0.2) is 11.6 Å². The number of carboxylic acid groups (broad SMARTS) is 1. The summed E-state index contributed by atoms with van der Waals surface area (Å²) in [6, 6.07) is 0.765. The second-order valence-corrected chi connectivity index (χ2v) is 4.71. The molecule has 0 radical (unpaired) electrons. The van der Waals surface area contributed by atoms with Gasteiger partial charge in [0.05, 0.1) is 17.1 Å². The van der Waals surface area contributed by atoms with Crippen molar-refractivity contribution in [2.75, 3.05) is 18.6 Å². The number of aromatic nitrogens is 1. The van der Waals surface area contributed by atoms with Crippen molar-refractivity contribution in [2.45, 2.75) is 6.42 Å². The zero-order valence-corrected chi connectivity index (χ0v) is 10.9. The van der Waals surface area contributed by atoms with E-state index in [2.05, 4.69) is 4.74 Å². The van der Waals surface area contributed by atoms with Crippen LogP contribution < -0.4 is 15.2 Å². The van der Waals surface area contributed by atoms with E-state index in [1.807, 2.05) is 0 Å². The molecule has 2 heterocycles. The van der Waals surface area contributed by atoms with Crippen LogP contribution in [0.3, 0.4) is 0 Å². The molecule has 0 unspecified atom stereocenters. The minimum atomic E-state index is -1.65. The Balaban J connectivity index is 2.44. The zero-order valence-electron chi connectivity index (χ0n) is 10.9. The fraction of sp³-hybridized carbons (Fsp3) is 0.231. The lowest BCUT2D eigenvalue weighted by molar-refractivity contribution is 0.143. The van der Waals surface area contributed by atoms with Crippen molar-refractivity contribution in [2.24, 2.45) is 0 Å². The second kappa shape index (κ2) is 4.44. The van der Waals surface area contributed by atoms with Gasteiger partial charge in [-0.15, -0.1) is 0 Å². The van der Waals surface area contributed by atoms with Crippen molar-refractivity contribution in [1.82, 2.24) is 4.68 Å². The number of hydrogen-bond acceptors (Lipinski definition) is 4. The highest BCUT2D eigenvalue weighted by molar-refractivity contribution is 5.85. The number of rotatable bonds is 1. The Bertz CT molecular complexity index is 831. The average molecular weight is 296 g/mol. The van der Waals surface area contributed by atoms with Crippen LogP contribution in [0.25, 0.3) is 10.9 Å². The first-order valence-electron chi connectivity index (χ1n) is 6.08. The van der Waals surface area contributed by atoms with E-state index in [1.54, 1.807) is 12.1 Å².